The molecule has 0 saturated heterocycles. The summed E-state index contributed by atoms with van der Waals surface area (Å²) in [4.78, 5) is 36.8. The monoisotopic (exact) mass is 415 g/mol. The molecule has 0 amide bonds. The molecule has 0 radical (unpaired) electrons. The summed E-state index contributed by atoms with van der Waals surface area (Å²) in [5.41, 5.74) is 4.45. The van der Waals surface area contributed by atoms with Gasteiger partial charge in [-0.05, 0) is 55.2 Å². The van der Waals surface area contributed by atoms with Gasteiger partial charge in [0.05, 0.1) is 22.9 Å². The molecule has 31 heavy (non-hydrogen) atoms. The highest BCUT2D eigenvalue weighted by Gasteiger charge is 2.14. The molecule has 0 aliphatic carbocycles. The number of Topliss-reactive ketones (excluding diaryl/α,β-unsaturated/α-hetero) is 2. The smallest absolute Gasteiger partial charge is 0.181 e. The standard InChI is InChI=1S/C24H25N5O2/c1-15(2)11-24(31)21-6-4-5-20(28-21)23(30)10-7-17-13-25-29(14-17)18-8-9-19-22(12-18)27-16(3)26-19/h4-6,8-9,12-15H,7,10-11H2,1-3H3,(H,26,27). The normalized spacial score (nSPS) is 11.4. The van der Waals surface area contributed by atoms with Gasteiger partial charge in [0, 0.05) is 19.0 Å². The molecule has 4 rings (SSSR count). The Bertz CT molecular complexity index is 1250. The van der Waals surface area contributed by atoms with Gasteiger partial charge in [0.1, 0.15) is 17.2 Å². The van der Waals surface area contributed by atoms with Crippen LogP contribution in [0.5, 0.6) is 0 Å². The first-order valence-corrected chi connectivity index (χ1v) is 10.4. The van der Waals surface area contributed by atoms with Crippen molar-refractivity contribution >= 4 is 22.6 Å². The molecular weight excluding hydrogens is 390 g/mol. The Hall–Kier alpha value is -3.61. The van der Waals surface area contributed by atoms with Crippen LogP contribution in [0.25, 0.3) is 16.7 Å². The van der Waals surface area contributed by atoms with Crippen LogP contribution in [-0.2, 0) is 6.42 Å². The van der Waals surface area contributed by atoms with Crippen LogP contribution in [0.4, 0.5) is 0 Å². The highest BCUT2D eigenvalue weighted by atomic mass is 16.1. The van der Waals surface area contributed by atoms with Crippen molar-refractivity contribution in [2.24, 2.45) is 5.92 Å². The molecule has 7 nitrogen and oxygen atoms in total. The molecule has 1 aromatic carbocycles. The molecule has 4 aromatic rings. The molecule has 0 bridgehead atoms. The average molecular weight is 415 g/mol. The van der Waals surface area contributed by atoms with E-state index >= 15 is 0 Å². The zero-order valence-electron chi connectivity index (χ0n) is 17.9. The molecule has 1 N–H and O–H groups in total. The summed E-state index contributed by atoms with van der Waals surface area (Å²) in [6.45, 7) is 5.90. The molecule has 0 unspecified atom stereocenters. The van der Waals surface area contributed by atoms with Crippen LogP contribution in [0.15, 0.2) is 48.8 Å². The third-order valence-electron chi connectivity index (χ3n) is 5.04. The molecule has 0 saturated carbocycles. The van der Waals surface area contributed by atoms with Gasteiger partial charge in [0.25, 0.3) is 0 Å². The van der Waals surface area contributed by atoms with Crippen LogP contribution < -0.4 is 0 Å². The largest absolute Gasteiger partial charge is 0.342 e. The Balaban J connectivity index is 1.42. The van der Waals surface area contributed by atoms with E-state index in [2.05, 4.69) is 20.1 Å². The molecule has 0 aliphatic rings. The van der Waals surface area contributed by atoms with Gasteiger partial charge >= 0.3 is 0 Å². The van der Waals surface area contributed by atoms with Crippen molar-refractivity contribution in [1.29, 1.82) is 0 Å². The minimum atomic E-state index is -0.0821. The molecule has 3 heterocycles. The van der Waals surface area contributed by atoms with Gasteiger partial charge in [0.2, 0.25) is 0 Å². The summed E-state index contributed by atoms with van der Waals surface area (Å²) in [5.74, 6) is 1.01. The molecule has 3 aromatic heterocycles. The fraction of sp³-hybridized carbons (Fsp3) is 0.292. The highest BCUT2D eigenvalue weighted by molar-refractivity contribution is 5.98. The highest BCUT2D eigenvalue weighted by Crippen LogP contribution is 2.17. The molecule has 0 atom stereocenters. The Morgan fingerprint density at radius 1 is 1.06 bits per heavy atom. The summed E-state index contributed by atoms with van der Waals surface area (Å²) >= 11 is 0. The number of aryl methyl sites for hydroxylation is 2. The summed E-state index contributed by atoms with van der Waals surface area (Å²) in [6.07, 6.45) is 4.97. The number of fused-ring (bicyclic) bond motifs is 1. The lowest BCUT2D eigenvalue weighted by Gasteiger charge is -2.05. The predicted octanol–water partition coefficient (Wildman–Crippen LogP) is 4.50. The van der Waals surface area contributed by atoms with E-state index in [9.17, 15) is 9.59 Å². The summed E-state index contributed by atoms with van der Waals surface area (Å²) in [5, 5.41) is 4.43. The minimum absolute atomic E-state index is 0.0321. The Labute approximate surface area is 180 Å². The van der Waals surface area contributed by atoms with Crippen LogP contribution in [0.1, 0.15) is 59.1 Å². The number of H-pyrrole nitrogens is 1. The molecule has 0 fully saturated rings. The van der Waals surface area contributed by atoms with E-state index < -0.39 is 0 Å². The molecular formula is C24H25N5O2. The first kappa shape index (κ1) is 20.7. The van der Waals surface area contributed by atoms with Crippen molar-refractivity contribution in [3.05, 3.63) is 71.6 Å². The number of nitrogens with zero attached hydrogens (tertiary/aromatic N) is 4. The topological polar surface area (TPSA) is 93.5 Å². The maximum absolute atomic E-state index is 12.6. The molecule has 0 spiro atoms. The predicted molar refractivity (Wildman–Crippen MR) is 119 cm³/mol. The first-order valence-electron chi connectivity index (χ1n) is 10.4. The van der Waals surface area contributed by atoms with Crippen molar-refractivity contribution in [3.63, 3.8) is 0 Å². The Morgan fingerprint density at radius 3 is 2.61 bits per heavy atom. The third kappa shape index (κ3) is 4.77. The first-order chi connectivity index (χ1) is 14.9. The van der Waals surface area contributed by atoms with Gasteiger partial charge in [-0.1, -0.05) is 19.9 Å². The lowest BCUT2D eigenvalue weighted by molar-refractivity contribution is 0.0962. The number of rotatable bonds is 8. The molecule has 158 valence electrons. The second-order valence-electron chi connectivity index (χ2n) is 8.17. The second-order valence-corrected chi connectivity index (χ2v) is 8.17. The van der Waals surface area contributed by atoms with Crippen molar-refractivity contribution in [1.82, 2.24) is 24.7 Å². The van der Waals surface area contributed by atoms with E-state index in [1.54, 1.807) is 29.1 Å². The van der Waals surface area contributed by atoms with Crippen LogP contribution in [-0.4, -0.2) is 36.3 Å². The number of nitrogens with one attached hydrogen (secondary N) is 1. The SMILES string of the molecule is Cc1nc2ccc(-n3cc(CCC(=O)c4cccc(C(=O)CC(C)C)n4)cn3)cc2[nH]1. The van der Waals surface area contributed by atoms with Crippen LogP contribution in [0.2, 0.25) is 0 Å². The quantitative estimate of drug-likeness (QED) is 0.428. The molecule has 7 heteroatoms. The van der Waals surface area contributed by atoms with Gasteiger partial charge in [-0.15, -0.1) is 0 Å². The Morgan fingerprint density at radius 2 is 1.84 bits per heavy atom. The number of aromatic nitrogens is 5. The number of ketones is 2. The number of carbonyl (C=O) groups is 2. The lowest BCUT2D eigenvalue weighted by atomic mass is 10.0. The Kier molecular flexibility index (Phi) is 5.75. The maximum Gasteiger partial charge on any atom is 0.181 e. The van der Waals surface area contributed by atoms with Gasteiger partial charge in [-0.2, -0.15) is 5.10 Å². The van der Waals surface area contributed by atoms with Gasteiger partial charge in [-0.3, -0.25) is 9.59 Å². The van der Waals surface area contributed by atoms with Crippen molar-refractivity contribution in [2.45, 2.75) is 40.0 Å². The van der Waals surface area contributed by atoms with E-state index in [0.29, 0.717) is 30.7 Å². The third-order valence-corrected chi connectivity index (χ3v) is 5.04. The van der Waals surface area contributed by atoms with Crippen molar-refractivity contribution in [2.75, 3.05) is 0 Å². The number of imidazole rings is 1. The number of hydrogen-bond acceptors (Lipinski definition) is 5. The maximum atomic E-state index is 12.6. The van der Waals surface area contributed by atoms with Crippen molar-refractivity contribution < 1.29 is 9.59 Å². The summed E-state index contributed by atoms with van der Waals surface area (Å²) in [6, 6.07) is 11.0. The molecule has 0 aliphatic heterocycles. The zero-order valence-corrected chi connectivity index (χ0v) is 17.9. The van der Waals surface area contributed by atoms with Crippen LogP contribution >= 0.6 is 0 Å². The zero-order chi connectivity index (χ0) is 22.0. The van der Waals surface area contributed by atoms with E-state index in [1.165, 1.54) is 0 Å². The minimum Gasteiger partial charge on any atom is -0.342 e. The summed E-state index contributed by atoms with van der Waals surface area (Å²) in [7, 11) is 0. The average Bonchev–Trinajstić information content (AvgIpc) is 3.36. The fourth-order valence-electron chi connectivity index (χ4n) is 3.50. The fourth-order valence-corrected chi connectivity index (χ4v) is 3.50. The van der Waals surface area contributed by atoms with E-state index in [0.717, 1.165) is 28.1 Å². The van der Waals surface area contributed by atoms with Crippen LogP contribution in [0, 0.1) is 12.8 Å². The van der Waals surface area contributed by atoms with Crippen LogP contribution in [0.3, 0.4) is 0 Å². The summed E-state index contributed by atoms with van der Waals surface area (Å²) < 4.78 is 1.79. The number of aromatic amines is 1. The number of hydrogen-bond donors (Lipinski definition) is 1. The van der Waals surface area contributed by atoms with E-state index in [-0.39, 0.29) is 17.5 Å². The second kappa shape index (κ2) is 8.63. The lowest BCUT2D eigenvalue weighted by Crippen LogP contribution is -2.10. The van der Waals surface area contributed by atoms with Gasteiger partial charge < -0.3 is 4.98 Å². The van der Waals surface area contributed by atoms with Gasteiger partial charge in [0.15, 0.2) is 11.6 Å². The van der Waals surface area contributed by atoms with Crippen molar-refractivity contribution in [3.8, 4) is 5.69 Å². The van der Waals surface area contributed by atoms with E-state index in [4.69, 9.17) is 0 Å². The number of benzene rings is 1. The van der Waals surface area contributed by atoms with E-state index in [1.807, 2.05) is 45.2 Å². The number of carbonyl (C=O) groups excluding carboxylic acids is 2. The number of pyridine rings is 1. The van der Waals surface area contributed by atoms with Gasteiger partial charge in [-0.25, -0.2) is 14.6 Å².